The van der Waals surface area contributed by atoms with Crippen LogP contribution in [-0.2, 0) is 65.4 Å². The standard InChI is InChI=1S/C78H152O17P2/c1-6-10-13-16-19-22-25-27-29-31-32-33-35-37-39-42-48-53-58-63-77(82)94-73(67-89-76(81)62-57-52-47-41-38-36-34-30-28-26-23-20-17-14-11-7-2)69-92-96(84,85)90-65-72(79)66-91-97(86,87)93-70-74(68-88-75(80)61-56-51-46-40-24-21-18-15-12-8-3)95-78(83)64-59-54-49-44-43-45-50-55-60-71(5)9-4/h71-74,79H,6-70H2,1-5H3,(H,84,85)(H,86,87)/t71?,72-,73-,74-/m1/s1. The fourth-order valence-electron chi connectivity index (χ4n) is 12.0. The maximum Gasteiger partial charge on any atom is 0.472 e. The third kappa shape index (κ3) is 70.9. The second-order valence-electron chi connectivity index (χ2n) is 28.3. The summed E-state index contributed by atoms with van der Waals surface area (Å²) in [5, 5.41) is 10.6. The van der Waals surface area contributed by atoms with Crippen molar-refractivity contribution in [1.29, 1.82) is 0 Å². The summed E-state index contributed by atoms with van der Waals surface area (Å²) in [6, 6.07) is 0. The summed E-state index contributed by atoms with van der Waals surface area (Å²) < 4.78 is 68.6. The predicted octanol–water partition coefficient (Wildman–Crippen LogP) is 23.3. The van der Waals surface area contributed by atoms with Crippen LogP contribution in [0.4, 0.5) is 0 Å². The summed E-state index contributed by atoms with van der Waals surface area (Å²) in [6.07, 6.45) is 61.0. The number of hydrogen-bond donors (Lipinski definition) is 3. The highest BCUT2D eigenvalue weighted by atomic mass is 31.2. The quantitative estimate of drug-likeness (QED) is 0.0222. The molecule has 0 saturated heterocycles. The molecule has 0 amide bonds. The molecule has 0 aromatic carbocycles. The third-order valence-corrected chi connectivity index (χ3v) is 20.5. The highest BCUT2D eigenvalue weighted by molar-refractivity contribution is 7.47. The van der Waals surface area contributed by atoms with E-state index >= 15 is 0 Å². The highest BCUT2D eigenvalue weighted by Crippen LogP contribution is 2.45. The molecule has 0 aromatic rings. The van der Waals surface area contributed by atoms with E-state index in [1.807, 2.05) is 0 Å². The van der Waals surface area contributed by atoms with E-state index in [1.54, 1.807) is 0 Å². The molecule has 0 aliphatic heterocycles. The first kappa shape index (κ1) is 95.1. The van der Waals surface area contributed by atoms with Crippen LogP contribution in [0.1, 0.15) is 413 Å². The molecular formula is C78H152O17P2. The fraction of sp³-hybridized carbons (Fsp3) is 0.949. The number of rotatable bonds is 78. The van der Waals surface area contributed by atoms with Crippen LogP contribution in [-0.4, -0.2) is 96.7 Å². The van der Waals surface area contributed by atoms with Crippen molar-refractivity contribution in [2.75, 3.05) is 39.6 Å². The highest BCUT2D eigenvalue weighted by Gasteiger charge is 2.30. The van der Waals surface area contributed by atoms with Gasteiger partial charge in [-0.1, -0.05) is 362 Å². The average Bonchev–Trinajstić information content (AvgIpc) is 2.32. The molecule has 0 radical (unpaired) electrons. The number of phosphoric acid groups is 2. The van der Waals surface area contributed by atoms with Crippen molar-refractivity contribution in [3.05, 3.63) is 0 Å². The summed E-state index contributed by atoms with van der Waals surface area (Å²) >= 11 is 0. The van der Waals surface area contributed by atoms with Gasteiger partial charge in [0.05, 0.1) is 26.4 Å². The van der Waals surface area contributed by atoms with E-state index in [2.05, 4.69) is 34.6 Å². The molecular weight excluding hydrogens is 1270 g/mol. The Hall–Kier alpha value is -1.94. The lowest BCUT2D eigenvalue weighted by atomic mass is 9.99. The van der Waals surface area contributed by atoms with Crippen molar-refractivity contribution in [2.45, 2.75) is 432 Å². The second kappa shape index (κ2) is 71.1. The topological polar surface area (TPSA) is 237 Å². The molecule has 0 saturated carbocycles. The molecule has 6 atom stereocenters. The van der Waals surface area contributed by atoms with E-state index in [1.165, 1.54) is 238 Å². The van der Waals surface area contributed by atoms with E-state index < -0.39 is 97.5 Å². The normalized spacial score (nSPS) is 14.2. The van der Waals surface area contributed by atoms with Crippen LogP contribution in [0.15, 0.2) is 0 Å². The molecule has 0 fully saturated rings. The molecule has 0 spiro atoms. The van der Waals surface area contributed by atoms with Gasteiger partial charge >= 0.3 is 39.5 Å². The van der Waals surface area contributed by atoms with Crippen molar-refractivity contribution < 1.29 is 80.2 Å². The Bertz CT molecular complexity index is 1860. The van der Waals surface area contributed by atoms with Crippen LogP contribution in [0.3, 0.4) is 0 Å². The number of carbonyl (C=O) groups excluding carboxylic acids is 4. The molecule has 576 valence electrons. The Morgan fingerprint density at radius 3 is 0.732 bits per heavy atom. The number of esters is 4. The monoisotopic (exact) mass is 1420 g/mol. The Kier molecular flexibility index (Phi) is 69.6. The lowest BCUT2D eigenvalue weighted by molar-refractivity contribution is -0.161. The smallest absolute Gasteiger partial charge is 0.462 e. The molecule has 0 rings (SSSR count). The number of ether oxygens (including phenoxy) is 4. The first-order valence-corrected chi connectivity index (χ1v) is 43.7. The fourth-order valence-corrected chi connectivity index (χ4v) is 13.6. The van der Waals surface area contributed by atoms with Crippen molar-refractivity contribution in [3.8, 4) is 0 Å². The molecule has 19 heteroatoms. The van der Waals surface area contributed by atoms with Gasteiger partial charge in [-0.05, 0) is 31.6 Å². The number of phosphoric ester groups is 2. The predicted molar refractivity (Wildman–Crippen MR) is 395 cm³/mol. The zero-order valence-electron chi connectivity index (χ0n) is 63.2. The molecule has 0 aromatic heterocycles. The van der Waals surface area contributed by atoms with Crippen LogP contribution in [0.25, 0.3) is 0 Å². The lowest BCUT2D eigenvalue weighted by Gasteiger charge is -2.21. The SMILES string of the molecule is CCCCCCCCCCCCCCCCCCCCCC(=O)O[C@H](COC(=O)CCCCCCCCCCCCCCCCCC)COP(=O)(O)OC[C@@H](O)COP(=O)(O)OC[C@@H](COC(=O)CCCCCCCCCCCC)OC(=O)CCCCCCCCCCC(C)CC. The molecule has 0 aliphatic rings. The summed E-state index contributed by atoms with van der Waals surface area (Å²) in [5.41, 5.74) is 0. The van der Waals surface area contributed by atoms with Gasteiger partial charge < -0.3 is 33.8 Å². The first-order valence-electron chi connectivity index (χ1n) is 40.7. The Morgan fingerprint density at radius 2 is 0.495 bits per heavy atom. The summed E-state index contributed by atoms with van der Waals surface area (Å²) in [5.74, 6) is -1.34. The summed E-state index contributed by atoms with van der Waals surface area (Å²) in [4.78, 5) is 72.9. The Labute approximate surface area is 594 Å². The van der Waals surface area contributed by atoms with Crippen LogP contribution >= 0.6 is 15.6 Å². The van der Waals surface area contributed by atoms with Crippen molar-refractivity contribution in [3.63, 3.8) is 0 Å². The second-order valence-corrected chi connectivity index (χ2v) is 31.3. The molecule has 0 bridgehead atoms. The van der Waals surface area contributed by atoms with Gasteiger partial charge in [-0.2, -0.15) is 0 Å². The third-order valence-electron chi connectivity index (χ3n) is 18.6. The van der Waals surface area contributed by atoms with Crippen LogP contribution in [0, 0.1) is 5.92 Å². The Morgan fingerprint density at radius 1 is 0.289 bits per heavy atom. The zero-order chi connectivity index (χ0) is 71.2. The average molecular weight is 1420 g/mol. The Balaban J connectivity index is 5.23. The molecule has 17 nitrogen and oxygen atoms in total. The van der Waals surface area contributed by atoms with Crippen molar-refractivity contribution >= 4 is 39.5 Å². The maximum absolute atomic E-state index is 13.1. The summed E-state index contributed by atoms with van der Waals surface area (Å²) in [7, 11) is -9.91. The number of hydrogen-bond acceptors (Lipinski definition) is 15. The van der Waals surface area contributed by atoms with Gasteiger partial charge in [-0.3, -0.25) is 37.3 Å². The van der Waals surface area contributed by atoms with Crippen LogP contribution in [0.2, 0.25) is 0 Å². The molecule has 0 heterocycles. The van der Waals surface area contributed by atoms with E-state index in [0.717, 1.165) is 95.8 Å². The van der Waals surface area contributed by atoms with Crippen LogP contribution < -0.4 is 0 Å². The van der Waals surface area contributed by atoms with Gasteiger partial charge in [0.15, 0.2) is 12.2 Å². The van der Waals surface area contributed by atoms with Gasteiger partial charge in [0.1, 0.15) is 19.3 Å². The van der Waals surface area contributed by atoms with Gasteiger partial charge in [-0.15, -0.1) is 0 Å². The largest absolute Gasteiger partial charge is 0.472 e. The van der Waals surface area contributed by atoms with Gasteiger partial charge in [0, 0.05) is 25.7 Å². The number of unbranched alkanes of at least 4 members (excludes halogenated alkanes) is 49. The number of carbonyl (C=O) groups is 4. The number of aliphatic hydroxyl groups is 1. The molecule has 3 unspecified atom stereocenters. The molecule has 97 heavy (non-hydrogen) atoms. The van der Waals surface area contributed by atoms with Gasteiger partial charge in [0.25, 0.3) is 0 Å². The van der Waals surface area contributed by atoms with Crippen molar-refractivity contribution in [1.82, 2.24) is 0 Å². The van der Waals surface area contributed by atoms with Gasteiger partial charge in [-0.25, -0.2) is 9.13 Å². The van der Waals surface area contributed by atoms with Crippen molar-refractivity contribution in [2.24, 2.45) is 5.92 Å². The minimum atomic E-state index is -4.96. The van der Waals surface area contributed by atoms with E-state index in [9.17, 15) is 43.2 Å². The number of aliphatic hydroxyl groups excluding tert-OH is 1. The molecule has 0 aliphatic carbocycles. The van der Waals surface area contributed by atoms with E-state index in [-0.39, 0.29) is 25.7 Å². The maximum atomic E-state index is 13.1. The van der Waals surface area contributed by atoms with E-state index in [0.29, 0.717) is 25.7 Å². The summed E-state index contributed by atoms with van der Waals surface area (Å²) in [6.45, 7) is 7.30. The zero-order valence-corrected chi connectivity index (χ0v) is 65.0. The van der Waals surface area contributed by atoms with Crippen LogP contribution in [0.5, 0.6) is 0 Å². The first-order chi connectivity index (χ1) is 47.1. The minimum absolute atomic E-state index is 0.106. The minimum Gasteiger partial charge on any atom is -0.462 e. The molecule has 3 N–H and O–H groups in total. The lowest BCUT2D eigenvalue weighted by Crippen LogP contribution is -2.30. The van der Waals surface area contributed by atoms with Gasteiger partial charge in [0.2, 0.25) is 0 Å². The van der Waals surface area contributed by atoms with E-state index in [4.69, 9.17) is 37.0 Å².